The number of halogens is 12. The fourth-order valence-electron chi connectivity index (χ4n) is 1.68. The van der Waals surface area contributed by atoms with Crippen LogP contribution in [-0.2, 0) is 11.0 Å². The van der Waals surface area contributed by atoms with Gasteiger partial charge < -0.3 is 5.11 Å². The molecule has 0 N–H and O–H groups in total. The zero-order valence-corrected chi connectivity index (χ0v) is 13.6. The lowest BCUT2D eigenvalue weighted by molar-refractivity contribution is -0.323. The van der Waals surface area contributed by atoms with Gasteiger partial charge >= 0.3 is 24.2 Å². The first kappa shape index (κ1) is 23.3. The standard InChI is InChI=1S/C13H4Cl2F10O2/c14-6-2-4(1-5(9(6)15)11(17,18)19)7(26)3-8(27)10(16,12(20,21)22)13(23,24)25/h1-3,26H/p-1/b7-3-. The molecule has 1 aromatic carbocycles. The third-order valence-electron chi connectivity index (χ3n) is 3.00. The van der Waals surface area contributed by atoms with E-state index in [0.29, 0.717) is 6.07 Å². The number of ketones is 1. The third-order valence-corrected chi connectivity index (χ3v) is 3.80. The summed E-state index contributed by atoms with van der Waals surface area (Å²) in [5.74, 6) is -5.45. The molecule has 1 rings (SSSR count). The van der Waals surface area contributed by atoms with Gasteiger partial charge in [-0.25, -0.2) is 4.39 Å². The number of rotatable bonds is 3. The van der Waals surface area contributed by atoms with Gasteiger partial charge in [0.1, 0.15) is 0 Å². The van der Waals surface area contributed by atoms with E-state index in [-0.39, 0.29) is 6.07 Å². The topological polar surface area (TPSA) is 40.1 Å². The molecule has 0 unspecified atom stereocenters. The second kappa shape index (κ2) is 7.04. The minimum Gasteiger partial charge on any atom is -0.872 e. The van der Waals surface area contributed by atoms with E-state index in [9.17, 15) is 53.8 Å². The van der Waals surface area contributed by atoms with Crippen molar-refractivity contribution in [3.63, 3.8) is 0 Å². The van der Waals surface area contributed by atoms with E-state index in [1.165, 1.54) is 0 Å². The van der Waals surface area contributed by atoms with Crippen LogP contribution in [0.2, 0.25) is 10.0 Å². The van der Waals surface area contributed by atoms with Crippen molar-refractivity contribution < 1.29 is 53.8 Å². The van der Waals surface area contributed by atoms with Crippen molar-refractivity contribution in [2.75, 3.05) is 0 Å². The molecular formula is C13H3Cl2F10O2-. The highest BCUT2D eigenvalue weighted by Gasteiger charge is 2.76. The fraction of sp³-hybridized carbons (Fsp3) is 0.308. The van der Waals surface area contributed by atoms with Crippen LogP contribution >= 0.6 is 23.2 Å². The zero-order valence-electron chi connectivity index (χ0n) is 12.1. The number of carbonyl (C=O) groups excluding carboxylic acids is 1. The first-order valence-electron chi connectivity index (χ1n) is 6.16. The molecule has 152 valence electrons. The molecule has 0 saturated heterocycles. The molecule has 0 aliphatic carbocycles. The van der Waals surface area contributed by atoms with Gasteiger partial charge in [0.15, 0.2) is 0 Å². The lowest BCUT2D eigenvalue weighted by atomic mass is 9.97. The molecule has 1 aromatic rings. The number of allylic oxidation sites excluding steroid dienone is 1. The molecule has 0 heterocycles. The van der Waals surface area contributed by atoms with Crippen LogP contribution in [0, 0.1) is 0 Å². The summed E-state index contributed by atoms with van der Waals surface area (Å²) < 4.78 is 126. The quantitative estimate of drug-likeness (QED) is 0.363. The maximum atomic E-state index is 13.5. The smallest absolute Gasteiger partial charge is 0.439 e. The van der Waals surface area contributed by atoms with Crippen LogP contribution in [-0.4, -0.2) is 23.8 Å². The Bertz CT molecular complexity index is 763. The van der Waals surface area contributed by atoms with Crippen molar-refractivity contribution in [2.45, 2.75) is 24.2 Å². The SMILES string of the molecule is O=C(/C=C(\[O-])c1cc(Cl)c(Cl)c(C(F)(F)F)c1)C(F)(C(F)(F)F)C(F)(F)F. The summed E-state index contributed by atoms with van der Waals surface area (Å²) in [6.07, 6.45) is -19.7. The molecule has 0 aliphatic heterocycles. The van der Waals surface area contributed by atoms with Gasteiger partial charge in [-0.2, -0.15) is 39.5 Å². The number of carbonyl (C=O) groups is 1. The Hall–Kier alpha value is -1.69. The van der Waals surface area contributed by atoms with E-state index < -0.39 is 63.0 Å². The van der Waals surface area contributed by atoms with E-state index in [4.69, 9.17) is 23.2 Å². The van der Waals surface area contributed by atoms with Crippen LogP contribution in [0.25, 0.3) is 5.76 Å². The second-order valence-electron chi connectivity index (χ2n) is 4.84. The molecular weight excluding hydrogens is 449 g/mol. The van der Waals surface area contributed by atoms with Crippen LogP contribution < -0.4 is 5.11 Å². The van der Waals surface area contributed by atoms with Gasteiger partial charge in [0.25, 0.3) is 0 Å². The van der Waals surface area contributed by atoms with Crippen LogP contribution in [0.1, 0.15) is 11.1 Å². The fourth-order valence-corrected chi connectivity index (χ4v) is 2.12. The average molecular weight is 452 g/mol. The highest BCUT2D eigenvalue weighted by Crippen LogP contribution is 2.47. The first-order chi connectivity index (χ1) is 11.8. The lowest BCUT2D eigenvalue weighted by Gasteiger charge is -2.28. The largest absolute Gasteiger partial charge is 0.872 e. The lowest BCUT2D eigenvalue weighted by Crippen LogP contribution is -2.58. The van der Waals surface area contributed by atoms with Crippen LogP contribution in [0.15, 0.2) is 18.2 Å². The number of alkyl halides is 10. The Balaban J connectivity index is 3.53. The Morgan fingerprint density at radius 1 is 0.889 bits per heavy atom. The molecule has 0 radical (unpaired) electrons. The van der Waals surface area contributed by atoms with Crippen molar-refractivity contribution in [2.24, 2.45) is 0 Å². The zero-order chi connectivity index (χ0) is 21.6. The first-order valence-corrected chi connectivity index (χ1v) is 6.91. The van der Waals surface area contributed by atoms with Gasteiger partial charge in [-0.05, 0) is 23.8 Å². The van der Waals surface area contributed by atoms with Crippen molar-refractivity contribution in [1.82, 2.24) is 0 Å². The van der Waals surface area contributed by atoms with Gasteiger partial charge in [-0.3, -0.25) is 4.79 Å². The van der Waals surface area contributed by atoms with Gasteiger partial charge in [-0.1, -0.05) is 29.0 Å². The van der Waals surface area contributed by atoms with Crippen molar-refractivity contribution in [1.29, 1.82) is 0 Å². The summed E-state index contributed by atoms with van der Waals surface area (Å²) in [6.45, 7) is 0. The summed E-state index contributed by atoms with van der Waals surface area (Å²) in [5.41, 5.74) is -9.42. The molecule has 0 bridgehead atoms. The van der Waals surface area contributed by atoms with E-state index >= 15 is 0 Å². The summed E-state index contributed by atoms with van der Waals surface area (Å²) in [5, 5.41) is 9.60. The van der Waals surface area contributed by atoms with Gasteiger partial charge in [0.2, 0.25) is 5.78 Å². The minimum absolute atomic E-state index is 0.0680. The maximum absolute atomic E-state index is 13.5. The van der Waals surface area contributed by atoms with Crippen LogP contribution in [0.5, 0.6) is 0 Å². The van der Waals surface area contributed by atoms with Gasteiger partial charge in [0.05, 0.1) is 15.6 Å². The van der Waals surface area contributed by atoms with E-state index in [0.717, 1.165) is 0 Å². The Morgan fingerprint density at radius 2 is 1.33 bits per heavy atom. The molecule has 0 atom stereocenters. The predicted molar refractivity (Wildman–Crippen MR) is 70.4 cm³/mol. The monoisotopic (exact) mass is 451 g/mol. The number of hydrogen-bond donors (Lipinski definition) is 0. The molecule has 0 saturated carbocycles. The second-order valence-corrected chi connectivity index (χ2v) is 5.63. The summed E-state index contributed by atoms with van der Waals surface area (Å²) in [4.78, 5) is 11.2. The summed E-state index contributed by atoms with van der Waals surface area (Å²) >= 11 is 10.6. The van der Waals surface area contributed by atoms with Crippen molar-refractivity contribution in [3.05, 3.63) is 39.4 Å². The van der Waals surface area contributed by atoms with Crippen LogP contribution in [0.3, 0.4) is 0 Å². The third kappa shape index (κ3) is 4.42. The van der Waals surface area contributed by atoms with E-state index in [1.54, 1.807) is 0 Å². The van der Waals surface area contributed by atoms with Crippen LogP contribution in [0.4, 0.5) is 43.9 Å². The van der Waals surface area contributed by atoms with E-state index in [2.05, 4.69) is 0 Å². The maximum Gasteiger partial charge on any atom is 0.439 e. The van der Waals surface area contributed by atoms with Gasteiger partial charge in [-0.15, -0.1) is 0 Å². The molecule has 14 heteroatoms. The Morgan fingerprint density at radius 3 is 1.70 bits per heavy atom. The number of hydrogen-bond acceptors (Lipinski definition) is 2. The molecule has 0 spiro atoms. The number of benzene rings is 1. The highest BCUT2D eigenvalue weighted by molar-refractivity contribution is 6.42. The van der Waals surface area contributed by atoms with Crippen molar-refractivity contribution in [3.8, 4) is 0 Å². The molecule has 0 fully saturated rings. The van der Waals surface area contributed by atoms with E-state index in [1.807, 2.05) is 0 Å². The molecule has 2 nitrogen and oxygen atoms in total. The summed E-state index contributed by atoms with van der Waals surface area (Å²) in [6, 6.07) is 0.285. The summed E-state index contributed by atoms with van der Waals surface area (Å²) in [7, 11) is 0. The normalized spacial score (nSPS) is 14.4. The Labute approximate surface area is 153 Å². The Kier molecular flexibility index (Phi) is 6.09. The average Bonchev–Trinajstić information content (AvgIpc) is 2.45. The molecule has 27 heavy (non-hydrogen) atoms. The molecule has 0 amide bonds. The highest BCUT2D eigenvalue weighted by atomic mass is 35.5. The predicted octanol–water partition coefficient (Wildman–Crippen LogP) is 5.12. The van der Waals surface area contributed by atoms with Gasteiger partial charge in [0, 0.05) is 0 Å². The molecule has 0 aliphatic rings. The minimum atomic E-state index is -6.78. The molecule has 0 aromatic heterocycles. The van der Waals surface area contributed by atoms with Crippen molar-refractivity contribution >= 4 is 34.7 Å².